The molecule has 2 rings (SSSR count). The summed E-state index contributed by atoms with van der Waals surface area (Å²) >= 11 is 0. The number of carbonyl (C=O) groups is 1. The van der Waals surface area contributed by atoms with Crippen molar-refractivity contribution in [2.24, 2.45) is 0 Å². The lowest BCUT2D eigenvalue weighted by Crippen LogP contribution is -2.46. The molecule has 0 spiro atoms. The number of aryl methyl sites for hydroxylation is 3. The number of aromatic nitrogens is 2. The van der Waals surface area contributed by atoms with E-state index < -0.39 is 0 Å². The number of piperazine rings is 1. The van der Waals surface area contributed by atoms with Crippen LogP contribution in [0.15, 0.2) is 0 Å². The fraction of sp³-hybridized carbons (Fsp3) is 0.583. The van der Waals surface area contributed by atoms with Crippen molar-refractivity contribution in [2.45, 2.75) is 20.8 Å². The second kappa shape index (κ2) is 4.79. The van der Waals surface area contributed by atoms with Gasteiger partial charge in [0.15, 0.2) is 0 Å². The molecule has 2 heterocycles. The first-order chi connectivity index (χ1) is 8.09. The molecule has 0 saturated carbocycles. The van der Waals surface area contributed by atoms with Crippen LogP contribution in [-0.4, -0.2) is 47.0 Å². The molecule has 0 aromatic carbocycles. The number of hydrogen-bond acceptors (Lipinski definition) is 4. The summed E-state index contributed by atoms with van der Waals surface area (Å²) in [6.07, 6.45) is 0. The van der Waals surface area contributed by atoms with Crippen molar-refractivity contribution in [2.75, 3.05) is 26.2 Å². The van der Waals surface area contributed by atoms with Crippen molar-refractivity contribution in [3.63, 3.8) is 0 Å². The largest absolute Gasteiger partial charge is 0.336 e. The van der Waals surface area contributed by atoms with Crippen molar-refractivity contribution in [1.82, 2.24) is 20.2 Å². The summed E-state index contributed by atoms with van der Waals surface area (Å²) in [7, 11) is 0. The van der Waals surface area contributed by atoms with E-state index in [0.717, 1.165) is 43.4 Å². The van der Waals surface area contributed by atoms with E-state index in [-0.39, 0.29) is 5.91 Å². The third-order valence-corrected chi connectivity index (χ3v) is 3.00. The second-order valence-corrected chi connectivity index (χ2v) is 4.36. The number of rotatable bonds is 1. The van der Waals surface area contributed by atoms with E-state index in [1.165, 1.54) is 0 Å². The molecule has 92 valence electrons. The van der Waals surface area contributed by atoms with E-state index in [0.29, 0.717) is 5.56 Å². The van der Waals surface area contributed by atoms with Gasteiger partial charge in [0, 0.05) is 26.2 Å². The summed E-state index contributed by atoms with van der Waals surface area (Å²) in [5, 5.41) is 3.23. The van der Waals surface area contributed by atoms with Crippen LogP contribution in [0.3, 0.4) is 0 Å². The number of carbonyl (C=O) groups excluding carboxylic acids is 1. The first-order valence-corrected chi connectivity index (χ1v) is 5.91. The lowest BCUT2D eigenvalue weighted by Gasteiger charge is -2.28. The Kier molecular flexibility index (Phi) is 3.38. The highest BCUT2D eigenvalue weighted by Gasteiger charge is 2.22. The van der Waals surface area contributed by atoms with Gasteiger partial charge in [-0.1, -0.05) is 0 Å². The van der Waals surface area contributed by atoms with E-state index in [1.54, 1.807) is 0 Å². The molecule has 1 amide bonds. The highest BCUT2D eigenvalue weighted by Crippen LogP contribution is 2.13. The second-order valence-electron chi connectivity index (χ2n) is 4.36. The van der Waals surface area contributed by atoms with Crippen LogP contribution in [0.4, 0.5) is 0 Å². The molecule has 1 N–H and O–H groups in total. The summed E-state index contributed by atoms with van der Waals surface area (Å²) in [6, 6.07) is 0. The fourth-order valence-corrected chi connectivity index (χ4v) is 2.22. The predicted molar refractivity (Wildman–Crippen MR) is 65.0 cm³/mol. The molecular weight excluding hydrogens is 216 g/mol. The van der Waals surface area contributed by atoms with Crippen molar-refractivity contribution in [1.29, 1.82) is 0 Å². The Balaban J connectivity index is 2.30. The van der Waals surface area contributed by atoms with Gasteiger partial charge in [-0.25, -0.2) is 9.97 Å². The monoisotopic (exact) mass is 234 g/mol. The van der Waals surface area contributed by atoms with E-state index in [1.807, 2.05) is 25.7 Å². The maximum absolute atomic E-state index is 12.4. The highest BCUT2D eigenvalue weighted by atomic mass is 16.2. The number of nitrogens with zero attached hydrogens (tertiary/aromatic N) is 3. The molecule has 5 nitrogen and oxygen atoms in total. The van der Waals surface area contributed by atoms with Gasteiger partial charge in [0.05, 0.1) is 17.0 Å². The maximum Gasteiger partial charge on any atom is 0.257 e. The van der Waals surface area contributed by atoms with Crippen molar-refractivity contribution < 1.29 is 4.79 Å². The highest BCUT2D eigenvalue weighted by molar-refractivity contribution is 5.96. The van der Waals surface area contributed by atoms with Crippen LogP contribution >= 0.6 is 0 Å². The third kappa shape index (κ3) is 2.44. The van der Waals surface area contributed by atoms with E-state index in [9.17, 15) is 4.79 Å². The predicted octanol–water partition coefficient (Wildman–Crippen LogP) is 0.447. The summed E-state index contributed by atoms with van der Waals surface area (Å²) < 4.78 is 0. The molecule has 1 fully saturated rings. The zero-order valence-electron chi connectivity index (χ0n) is 10.6. The van der Waals surface area contributed by atoms with Crippen LogP contribution in [0.2, 0.25) is 0 Å². The average molecular weight is 234 g/mol. The third-order valence-electron chi connectivity index (χ3n) is 3.00. The quantitative estimate of drug-likeness (QED) is 0.766. The van der Waals surface area contributed by atoms with Gasteiger partial charge in [-0.05, 0) is 20.8 Å². The lowest BCUT2D eigenvalue weighted by molar-refractivity contribution is 0.0733. The smallest absolute Gasteiger partial charge is 0.257 e. The molecule has 0 unspecified atom stereocenters. The van der Waals surface area contributed by atoms with Crippen molar-refractivity contribution in [3.8, 4) is 0 Å². The molecule has 0 bridgehead atoms. The van der Waals surface area contributed by atoms with Crippen molar-refractivity contribution in [3.05, 3.63) is 22.8 Å². The van der Waals surface area contributed by atoms with Gasteiger partial charge in [0.25, 0.3) is 5.91 Å². The molecule has 1 aromatic heterocycles. The fourth-order valence-electron chi connectivity index (χ4n) is 2.22. The summed E-state index contributed by atoms with van der Waals surface area (Å²) in [6.45, 7) is 8.82. The summed E-state index contributed by atoms with van der Waals surface area (Å²) in [5.41, 5.74) is 2.22. The Bertz CT molecular complexity index is 415. The molecule has 0 atom stereocenters. The first kappa shape index (κ1) is 12.0. The minimum Gasteiger partial charge on any atom is -0.336 e. The van der Waals surface area contributed by atoms with Gasteiger partial charge in [0.1, 0.15) is 5.82 Å². The standard InChI is InChI=1S/C12H18N4O/c1-8-11(9(2)15-10(3)14-8)12(17)16-6-4-13-5-7-16/h13H,4-7H2,1-3H3. The van der Waals surface area contributed by atoms with Gasteiger partial charge in [-0.3, -0.25) is 4.79 Å². The van der Waals surface area contributed by atoms with Crippen LogP contribution in [0.25, 0.3) is 0 Å². The Labute approximate surface area is 101 Å². The van der Waals surface area contributed by atoms with Gasteiger partial charge >= 0.3 is 0 Å². The Hall–Kier alpha value is -1.49. The first-order valence-electron chi connectivity index (χ1n) is 5.91. The molecule has 1 aliphatic heterocycles. The Morgan fingerprint density at radius 1 is 1.12 bits per heavy atom. The van der Waals surface area contributed by atoms with Gasteiger partial charge < -0.3 is 10.2 Å². The van der Waals surface area contributed by atoms with Gasteiger partial charge in [-0.2, -0.15) is 0 Å². The minimum absolute atomic E-state index is 0.0569. The molecule has 0 radical (unpaired) electrons. The summed E-state index contributed by atoms with van der Waals surface area (Å²) in [4.78, 5) is 22.8. The molecule has 1 aromatic rings. The topological polar surface area (TPSA) is 58.1 Å². The number of amides is 1. The van der Waals surface area contributed by atoms with Crippen LogP contribution in [0.1, 0.15) is 27.6 Å². The Morgan fingerprint density at radius 2 is 1.65 bits per heavy atom. The molecule has 5 heteroatoms. The number of nitrogens with one attached hydrogen (secondary N) is 1. The molecule has 1 saturated heterocycles. The minimum atomic E-state index is 0.0569. The van der Waals surface area contributed by atoms with E-state index >= 15 is 0 Å². The van der Waals surface area contributed by atoms with E-state index in [4.69, 9.17) is 0 Å². The van der Waals surface area contributed by atoms with Crippen LogP contribution < -0.4 is 5.32 Å². The van der Waals surface area contributed by atoms with Gasteiger partial charge in [0.2, 0.25) is 0 Å². The van der Waals surface area contributed by atoms with Crippen LogP contribution in [0.5, 0.6) is 0 Å². The normalized spacial score (nSPS) is 16.1. The molecule has 17 heavy (non-hydrogen) atoms. The van der Waals surface area contributed by atoms with Crippen molar-refractivity contribution >= 4 is 5.91 Å². The van der Waals surface area contributed by atoms with Crippen LogP contribution in [0, 0.1) is 20.8 Å². The molecule has 0 aliphatic carbocycles. The van der Waals surface area contributed by atoms with Crippen LogP contribution in [-0.2, 0) is 0 Å². The zero-order chi connectivity index (χ0) is 12.4. The summed E-state index contributed by atoms with van der Waals surface area (Å²) in [5.74, 6) is 0.776. The number of hydrogen-bond donors (Lipinski definition) is 1. The maximum atomic E-state index is 12.4. The average Bonchev–Trinajstić information content (AvgIpc) is 2.28. The SMILES string of the molecule is Cc1nc(C)c(C(=O)N2CCNCC2)c(C)n1. The Morgan fingerprint density at radius 3 is 2.18 bits per heavy atom. The van der Waals surface area contributed by atoms with E-state index in [2.05, 4.69) is 15.3 Å². The zero-order valence-corrected chi connectivity index (χ0v) is 10.6. The lowest BCUT2D eigenvalue weighted by atomic mass is 10.1. The molecule has 1 aliphatic rings. The van der Waals surface area contributed by atoms with Gasteiger partial charge in [-0.15, -0.1) is 0 Å². The molecular formula is C12H18N4O.